The Balaban J connectivity index is 2.32. The Morgan fingerprint density at radius 1 is 1.47 bits per heavy atom. The first-order valence-electron chi connectivity index (χ1n) is 4.84. The molecule has 1 aliphatic rings. The fraction of sp³-hybridized carbons (Fsp3) is 0.600. The number of hydrogen-bond acceptors (Lipinski definition) is 2. The maximum absolute atomic E-state index is 11.5. The van der Waals surface area contributed by atoms with Crippen LogP contribution in [0.4, 0.5) is 4.79 Å². The van der Waals surface area contributed by atoms with Gasteiger partial charge in [0.15, 0.2) is 0 Å². The Hall–Kier alpha value is -1.70. The zero-order valence-electron chi connectivity index (χ0n) is 8.32. The Morgan fingerprint density at radius 3 is 2.80 bits per heavy atom. The van der Waals surface area contributed by atoms with E-state index in [9.17, 15) is 9.59 Å². The van der Waals surface area contributed by atoms with E-state index in [0.717, 1.165) is 0 Å². The van der Waals surface area contributed by atoms with Gasteiger partial charge in [0.2, 0.25) is 5.91 Å². The van der Waals surface area contributed by atoms with Crippen molar-refractivity contribution in [1.29, 1.82) is 0 Å². The van der Waals surface area contributed by atoms with Gasteiger partial charge >= 0.3 is 6.09 Å². The third kappa shape index (κ3) is 3.50. The molecule has 0 aliphatic heterocycles. The van der Waals surface area contributed by atoms with Crippen molar-refractivity contribution >= 4 is 12.0 Å². The molecule has 15 heavy (non-hydrogen) atoms. The van der Waals surface area contributed by atoms with Crippen LogP contribution in [-0.4, -0.2) is 29.7 Å². The van der Waals surface area contributed by atoms with Crippen LogP contribution < -0.4 is 10.6 Å². The summed E-state index contributed by atoms with van der Waals surface area (Å²) in [6.07, 6.45) is 5.95. The predicted molar refractivity (Wildman–Crippen MR) is 54.1 cm³/mol. The van der Waals surface area contributed by atoms with E-state index in [0.29, 0.717) is 19.3 Å². The van der Waals surface area contributed by atoms with Crippen LogP contribution in [0.15, 0.2) is 0 Å². The Morgan fingerprint density at radius 2 is 2.20 bits per heavy atom. The van der Waals surface area contributed by atoms with Crippen LogP contribution in [0.1, 0.15) is 19.3 Å². The third-order valence-corrected chi connectivity index (χ3v) is 2.50. The van der Waals surface area contributed by atoms with Crippen molar-refractivity contribution in [3.8, 4) is 12.3 Å². The van der Waals surface area contributed by atoms with Gasteiger partial charge in [-0.2, -0.15) is 0 Å². The van der Waals surface area contributed by atoms with Crippen molar-refractivity contribution in [3.05, 3.63) is 0 Å². The average Bonchev–Trinajstić information content (AvgIpc) is 2.61. The molecule has 0 bridgehead atoms. The number of carboxylic acid groups (broad SMARTS) is 1. The van der Waals surface area contributed by atoms with Gasteiger partial charge in [0.1, 0.15) is 0 Å². The standard InChI is InChI=1S/C10H14N2O3/c1-2-5-11-9(13)7-3-4-8(6-7)12-10(14)15/h1,7-8,12H,3-6H2,(H,11,13)(H,14,15)/t7-,8+/m1/s1. The minimum Gasteiger partial charge on any atom is -0.465 e. The molecule has 0 saturated heterocycles. The van der Waals surface area contributed by atoms with Gasteiger partial charge in [0.25, 0.3) is 0 Å². The predicted octanol–water partition coefficient (Wildman–Crippen LogP) is 0.172. The molecular formula is C10H14N2O3. The summed E-state index contributed by atoms with van der Waals surface area (Å²) in [5, 5.41) is 13.5. The van der Waals surface area contributed by atoms with Crippen molar-refractivity contribution in [2.75, 3.05) is 6.54 Å². The highest BCUT2D eigenvalue weighted by Gasteiger charge is 2.30. The maximum atomic E-state index is 11.5. The molecule has 0 radical (unpaired) electrons. The van der Waals surface area contributed by atoms with E-state index in [2.05, 4.69) is 16.6 Å². The molecule has 0 aromatic heterocycles. The van der Waals surface area contributed by atoms with E-state index in [1.807, 2.05) is 0 Å². The van der Waals surface area contributed by atoms with Crippen molar-refractivity contribution < 1.29 is 14.7 Å². The van der Waals surface area contributed by atoms with Gasteiger partial charge in [-0.3, -0.25) is 4.79 Å². The first kappa shape index (κ1) is 11.4. The molecule has 3 N–H and O–H groups in total. The highest BCUT2D eigenvalue weighted by atomic mass is 16.4. The molecule has 1 aliphatic carbocycles. The van der Waals surface area contributed by atoms with Gasteiger partial charge in [0.05, 0.1) is 6.54 Å². The van der Waals surface area contributed by atoms with Gasteiger partial charge in [-0.15, -0.1) is 6.42 Å². The van der Waals surface area contributed by atoms with Gasteiger partial charge in [-0.25, -0.2) is 4.79 Å². The minimum atomic E-state index is -1.04. The summed E-state index contributed by atoms with van der Waals surface area (Å²) >= 11 is 0. The van der Waals surface area contributed by atoms with E-state index >= 15 is 0 Å². The zero-order valence-corrected chi connectivity index (χ0v) is 8.32. The van der Waals surface area contributed by atoms with Gasteiger partial charge in [-0.1, -0.05) is 5.92 Å². The summed E-state index contributed by atoms with van der Waals surface area (Å²) in [5.41, 5.74) is 0. The number of rotatable bonds is 3. The van der Waals surface area contributed by atoms with Crippen LogP contribution in [0.2, 0.25) is 0 Å². The molecule has 1 rings (SSSR count). The second-order valence-electron chi connectivity index (χ2n) is 3.58. The van der Waals surface area contributed by atoms with E-state index in [4.69, 9.17) is 11.5 Å². The lowest BCUT2D eigenvalue weighted by Gasteiger charge is -2.10. The molecule has 2 amide bonds. The lowest BCUT2D eigenvalue weighted by Crippen LogP contribution is -2.34. The summed E-state index contributed by atoms with van der Waals surface area (Å²) in [7, 11) is 0. The van der Waals surface area contributed by atoms with E-state index in [-0.39, 0.29) is 24.4 Å². The smallest absolute Gasteiger partial charge is 0.404 e. The molecule has 5 heteroatoms. The molecule has 1 fully saturated rings. The summed E-state index contributed by atoms with van der Waals surface area (Å²) in [6, 6.07) is -0.107. The second kappa shape index (κ2) is 5.25. The average molecular weight is 210 g/mol. The highest BCUT2D eigenvalue weighted by molar-refractivity contribution is 5.79. The largest absolute Gasteiger partial charge is 0.465 e. The summed E-state index contributed by atoms with van der Waals surface area (Å²) < 4.78 is 0. The number of amides is 2. The lowest BCUT2D eigenvalue weighted by atomic mass is 10.1. The molecule has 1 saturated carbocycles. The monoisotopic (exact) mass is 210 g/mol. The number of nitrogens with one attached hydrogen (secondary N) is 2. The first-order chi connectivity index (χ1) is 7.13. The molecule has 0 spiro atoms. The topological polar surface area (TPSA) is 78.4 Å². The van der Waals surface area contributed by atoms with Crippen LogP contribution in [0.5, 0.6) is 0 Å². The quantitative estimate of drug-likeness (QED) is 0.581. The molecular weight excluding hydrogens is 196 g/mol. The van der Waals surface area contributed by atoms with Crippen molar-refractivity contribution in [2.24, 2.45) is 5.92 Å². The molecule has 0 heterocycles. The lowest BCUT2D eigenvalue weighted by molar-refractivity contribution is -0.124. The van der Waals surface area contributed by atoms with Crippen LogP contribution in [-0.2, 0) is 4.79 Å². The fourth-order valence-electron chi connectivity index (χ4n) is 1.81. The van der Waals surface area contributed by atoms with E-state index in [1.165, 1.54) is 0 Å². The van der Waals surface area contributed by atoms with Gasteiger partial charge < -0.3 is 15.7 Å². The number of hydrogen-bond donors (Lipinski definition) is 3. The van der Waals surface area contributed by atoms with Crippen LogP contribution in [0.25, 0.3) is 0 Å². The second-order valence-corrected chi connectivity index (χ2v) is 3.58. The van der Waals surface area contributed by atoms with Crippen molar-refractivity contribution in [1.82, 2.24) is 10.6 Å². The van der Waals surface area contributed by atoms with Crippen molar-refractivity contribution in [3.63, 3.8) is 0 Å². The van der Waals surface area contributed by atoms with Crippen LogP contribution >= 0.6 is 0 Å². The SMILES string of the molecule is C#CCNC(=O)[C@@H]1CC[C@H](NC(=O)O)C1. The normalized spacial score (nSPS) is 24.2. The first-order valence-corrected chi connectivity index (χ1v) is 4.84. The van der Waals surface area contributed by atoms with Crippen molar-refractivity contribution in [2.45, 2.75) is 25.3 Å². The van der Waals surface area contributed by atoms with Crippen LogP contribution in [0.3, 0.4) is 0 Å². The summed E-state index contributed by atoms with van der Waals surface area (Å²) in [4.78, 5) is 21.8. The van der Waals surface area contributed by atoms with Crippen LogP contribution in [0, 0.1) is 18.3 Å². The molecule has 0 unspecified atom stereocenters. The molecule has 0 aromatic carbocycles. The van der Waals surface area contributed by atoms with Gasteiger partial charge in [-0.05, 0) is 19.3 Å². The Labute approximate surface area is 88.2 Å². The maximum Gasteiger partial charge on any atom is 0.404 e. The fourth-order valence-corrected chi connectivity index (χ4v) is 1.81. The summed E-state index contributed by atoms with van der Waals surface area (Å²) in [6.45, 7) is 0.229. The minimum absolute atomic E-state index is 0.0809. The van der Waals surface area contributed by atoms with E-state index < -0.39 is 6.09 Å². The third-order valence-electron chi connectivity index (χ3n) is 2.50. The molecule has 82 valence electrons. The number of carbonyl (C=O) groups is 2. The molecule has 2 atom stereocenters. The zero-order chi connectivity index (χ0) is 11.3. The number of carbonyl (C=O) groups excluding carboxylic acids is 1. The van der Waals surface area contributed by atoms with E-state index in [1.54, 1.807) is 0 Å². The summed E-state index contributed by atoms with van der Waals surface area (Å²) in [5.74, 6) is 2.13. The number of terminal acetylenes is 1. The Bertz CT molecular complexity index is 296. The Kier molecular flexibility index (Phi) is 3.98. The molecule has 5 nitrogen and oxygen atoms in total. The van der Waals surface area contributed by atoms with Gasteiger partial charge in [0, 0.05) is 12.0 Å². The molecule has 0 aromatic rings. The highest BCUT2D eigenvalue weighted by Crippen LogP contribution is 2.25.